The molecule has 1 aromatic rings. The van der Waals surface area contributed by atoms with Gasteiger partial charge in [0.2, 0.25) is 5.91 Å². The van der Waals surface area contributed by atoms with Crippen LogP contribution in [0.5, 0.6) is 0 Å². The normalized spacial score (nSPS) is 17.7. The molecule has 1 aliphatic carbocycles. The van der Waals surface area contributed by atoms with E-state index in [2.05, 4.69) is 21.2 Å². The van der Waals surface area contributed by atoms with Crippen LogP contribution in [0.2, 0.25) is 0 Å². The van der Waals surface area contributed by atoms with Gasteiger partial charge in [0.25, 0.3) is 0 Å². The quantitative estimate of drug-likeness (QED) is 0.876. The molecule has 0 spiro atoms. The minimum atomic E-state index is -0.639. The third-order valence-corrected chi connectivity index (χ3v) is 3.63. The van der Waals surface area contributed by atoms with Gasteiger partial charge in [-0.15, -0.1) is 0 Å². The highest BCUT2D eigenvalue weighted by atomic mass is 79.9. The van der Waals surface area contributed by atoms with Crippen molar-refractivity contribution in [3.63, 3.8) is 0 Å². The number of rotatable bonds is 2. The second-order valence-electron chi connectivity index (χ2n) is 4.42. The molecule has 0 bridgehead atoms. The average Bonchev–Trinajstić information content (AvgIpc) is 2.18. The van der Waals surface area contributed by atoms with Gasteiger partial charge in [0.15, 0.2) is 0 Å². The first-order valence-corrected chi connectivity index (χ1v) is 6.17. The van der Waals surface area contributed by atoms with E-state index in [0.29, 0.717) is 0 Å². The van der Waals surface area contributed by atoms with Crippen LogP contribution in [0.3, 0.4) is 0 Å². The van der Waals surface area contributed by atoms with E-state index in [1.807, 2.05) is 25.1 Å². The summed E-state index contributed by atoms with van der Waals surface area (Å²) in [6.45, 7) is 1.96. The molecule has 1 amide bonds. The van der Waals surface area contributed by atoms with Crippen LogP contribution in [-0.2, 0) is 4.79 Å². The summed E-state index contributed by atoms with van der Waals surface area (Å²) >= 11 is 3.39. The van der Waals surface area contributed by atoms with E-state index in [-0.39, 0.29) is 5.91 Å². The average molecular weight is 283 g/mol. The molecule has 86 valence electrons. The molecule has 3 N–H and O–H groups in total. The maximum atomic E-state index is 11.9. The summed E-state index contributed by atoms with van der Waals surface area (Å²) in [5.41, 5.74) is 7.18. The van der Waals surface area contributed by atoms with Crippen molar-refractivity contribution in [2.75, 3.05) is 5.32 Å². The Kier molecular flexibility index (Phi) is 3.04. The van der Waals surface area contributed by atoms with E-state index < -0.39 is 5.54 Å². The molecule has 0 aromatic heterocycles. The van der Waals surface area contributed by atoms with Crippen LogP contribution in [0.1, 0.15) is 24.8 Å². The molecule has 0 saturated heterocycles. The molecule has 0 aliphatic heterocycles. The highest BCUT2D eigenvalue weighted by Gasteiger charge is 2.40. The first-order chi connectivity index (χ1) is 7.51. The molecular weight excluding hydrogens is 268 g/mol. The van der Waals surface area contributed by atoms with E-state index in [0.717, 1.165) is 35.0 Å². The summed E-state index contributed by atoms with van der Waals surface area (Å²) in [5, 5.41) is 2.90. The number of anilines is 1. The molecule has 1 saturated carbocycles. The maximum absolute atomic E-state index is 11.9. The maximum Gasteiger partial charge on any atom is 0.244 e. The van der Waals surface area contributed by atoms with Gasteiger partial charge in [-0.1, -0.05) is 15.9 Å². The van der Waals surface area contributed by atoms with Gasteiger partial charge in [-0.3, -0.25) is 4.79 Å². The summed E-state index contributed by atoms with van der Waals surface area (Å²) in [5.74, 6) is -0.0656. The second-order valence-corrected chi connectivity index (χ2v) is 5.34. The van der Waals surface area contributed by atoms with Crippen LogP contribution >= 0.6 is 15.9 Å². The third-order valence-electron chi connectivity index (χ3n) is 3.13. The van der Waals surface area contributed by atoms with Crippen LogP contribution in [0.15, 0.2) is 22.7 Å². The van der Waals surface area contributed by atoms with Gasteiger partial charge in [0, 0.05) is 10.2 Å². The van der Waals surface area contributed by atoms with Gasteiger partial charge in [0.1, 0.15) is 0 Å². The lowest BCUT2D eigenvalue weighted by molar-refractivity contribution is -0.123. The van der Waals surface area contributed by atoms with Gasteiger partial charge >= 0.3 is 0 Å². The van der Waals surface area contributed by atoms with Crippen LogP contribution in [0.25, 0.3) is 0 Å². The smallest absolute Gasteiger partial charge is 0.244 e. The zero-order valence-electron chi connectivity index (χ0n) is 9.22. The Hall–Kier alpha value is -0.870. The lowest BCUT2D eigenvalue weighted by Crippen LogP contribution is -2.56. The monoisotopic (exact) mass is 282 g/mol. The number of hydrogen-bond donors (Lipinski definition) is 2. The van der Waals surface area contributed by atoms with Gasteiger partial charge in [0.05, 0.1) is 5.54 Å². The predicted molar refractivity (Wildman–Crippen MR) is 68.3 cm³/mol. The van der Waals surface area contributed by atoms with Crippen molar-refractivity contribution in [3.05, 3.63) is 28.2 Å². The van der Waals surface area contributed by atoms with E-state index in [1.165, 1.54) is 0 Å². The molecule has 0 unspecified atom stereocenters. The van der Waals surface area contributed by atoms with Crippen LogP contribution in [0.4, 0.5) is 5.69 Å². The second kappa shape index (κ2) is 4.18. The standard InChI is InChI=1S/C12H15BrN2O/c1-8-7-9(13)3-4-10(8)15-11(16)12(14)5-2-6-12/h3-4,7H,2,5-6,14H2,1H3,(H,15,16). The zero-order valence-corrected chi connectivity index (χ0v) is 10.8. The minimum Gasteiger partial charge on any atom is -0.324 e. The fourth-order valence-electron chi connectivity index (χ4n) is 1.80. The SMILES string of the molecule is Cc1cc(Br)ccc1NC(=O)C1(N)CCC1. The van der Waals surface area contributed by atoms with Crippen molar-refractivity contribution >= 4 is 27.5 Å². The molecule has 16 heavy (non-hydrogen) atoms. The molecule has 0 radical (unpaired) electrons. The van der Waals surface area contributed by atoms with E-state index in [1.54, 1.807) is 0 Å². The largest absolute Gasteiger partial charge is 0.324 e. The molecule has 4 heteroatoms. The van der Waals surface area contributed by atoms with Gasteiger partial charge in [-0.25, -0.2) is 0 Å². The summed E-state index contributed by atoms with van der Waals surface area (Å²) in [6.07, 6.45) is 2.62. The van der Waals surface area contributed by atoms with E-state index >= 15 is 0 Å². The zero-order chi connectivity index (χ0) is 11.8. The van der Waals surface area contributed by atoms with Crippen molar-refractivity contribution in [3.8, 4) is 0 Å². The molecule has 1 fully saturated rings. The fraction of sp³-hybridized carbons (Fsp3) is 0.417. The van der Waals surface area contributed by atoms with Crippen LogP contribution in [0, 0.1) is 6.92 Å². The Labute approximate surface area is 104 Å². The van der Waals surface area contributed by atoms with Crippen molar-refractivity contribution in [2.24, 2.45) is 5.73 Å². The lowest BCUT2D eigenvalue weighted by atomic mass is 9.77. The number of hydrogen-bond acceptors (Lipinski definition) is 2. The van der Waals surface area contributed by atoms with Crippen molar-refractivity contribution in [1.29, 1.82) is 0 Å². The molecular formula is C12H15BrN2O. The molecule has 1 aliphatic rings. The number of amides is 1. The van der Waals surface area contributed by atoms with Crippen LogP contribution in [-0.4, -0.2) is 11.4 Å². The van der Waals surface area contributed by atoms with Crippen molar-refractivity contribution in [2.45, 2.75) is 31.7 Å². The third kappa shape index (κ3) is 2.13. The first-order valence-electron chi connectivity index (χ1n) is 5.38. The van der Waals surface area contributed by atoms with E-state index in [9.17, 15) is 4.79 Å². The van der Waals surface area contributed by atoms with Gasteiger partial charge in [-0.2, -0.15) is 0 Å². The summed E-state index contributed by atoms with van der Waals surface area (Å²) in [6, 6.07) is 5.77. The van der Waals surface area contributed by atoms with Crippen LogP contribution < -0.4 is 11.1 Å². The number of carbonyl (C=O) groups is 1. The van der Waals surface area contributed by atoms with Gasteiger partial charge in [-0.05, 0) is 49.9 Å². The number of halogens is 1. The predicted octanol–water partition coefficient (Wildman–Crippen LogP) is 2.58. The Morgan fingerprint density at radius 2 is 2.19 bits per heavy atom. The molecule has 0 heterocycles. The molecule has 0 atom stereocenters. The number of benzene rings is 1. The minimum absolute atomic E-state index is 0.0656. The molecule has 1 aromatic carbocycles. The highest BCUT2D eigenvalue weighted by Crippen LogP contribution is 2.31. The Morgan fingerprint density at radius 1 is 1.50 bits per heavy atom. The number of carbonyl (C=O) groups excluding carboxylic acids is 1. The Balaban J connectivity index is 2.12. The summed E-state index contributed by atoms with van der Waals surface area (Å²) in [4.78, 5) is 11.9. The number of nitrogens with one attached hydrogen (secondary N) is 1. The Morgan fingerprint density at radius 3 is 2.69 bits per heavy atom. The van der Waals surface area contributed by atoms with Crippen molar-refractivity contribution in [1.82, 2.24) is 0 Å². The van der Waals surface area contributed by atoms with E-state index in [4.69, 9.17) is 5.73 Å². The van der Waals surface area contributed by atoms with Gasteiger partial charge < -0.3 is 11.1 Å². The van der Waals surface area contributed by atoms with Crippen molar-refractivity contribution < 1.29 is 4.79 Å². The molecule has 3 nitrogen and oxygen atoms in total. The highest BCUT2D eigenvalue weighted by molar-refractivity contribution is 9.10. The number of aryl methyl sites for hydroxylation is 1. The number of nitrogens with two attached hydrogens (primary N) is 1. The topological polar surface area (TPSA) is 55.1 Å². The first kappa shape index (κ1) is 11.6. The summed E-state index contributed by atoms with van der Waals surface area (Å²) in [7, 11) is 0. The summed E-state index contributed by atoms with van der Waals surface area (Å²) < 4.78 is 1.01. The fourth-order valence-corrected chi connectivity index (χ4v) is 2.27. The Bertz CT molecular complexity index is 427. The molecule has 2 rings (SSSR count). The lowest BCUT2D eigenvalue weighted by Gasteiger charge is -2.36.